The second-order valence-corrected chi connectivity index (χ2v) is 5.78. The van der Waals surface area contributed by atoms with Crippen LogP contribution in [0.2, 0.25) is 0 Å². The van der Waals surface area contributed by atoms with Crippen molar-refractivity contribution >= 4 is 5.91 Å². The highest BCUT2D eigenvalue weighted by atomic mass is 16.2. The molecule has 0 unspecified atom stereocenters. The second kappa shape index (κ2) is 4.39. The Balaban J connectivity index is 1.66. The van der Waals surface area contributed by atoms with Crippen molar-refractivity contribution in [2.45, 2.75) is 19.8 Å². The molecule has 96 valence electrons. The molecule has 1 N–H and O–H groups in total. The summed E-state index contributed by atoms with van der Waals surface area (Å²) in [4.78, 5) is 14.3. The van der Waals surface area contributed by atoms with Crippen LogP contribution in [0.1, 0.15) is 28.8 Å². The van der Waals surface area contributed by atoms with Crippen LogP contribution in [0.15, 0.2) is 24.3 Å². The molecule has 0 saturated carbocycles. The van der Waals surface area contributed by atoms with E-state index in [1.165, 1.54) is 12.8 Å². The molecule has 2 heterocycles. The third-order valence-electron chi connectivity index (χ3n) is 4.27. The molecular weight excluding hydrogens is 224 g/mol. The molecule has 18 heavy (non-hydrogen) atoms. The van der Waals surface area contributed by atoms with E-state index in [4.69, 9.17) is 0 Å². The maximum absolute atomic E-state index is 12.3. The molecule has 0 radical (unpaired) electrons. The largest absolute Gasteiger partial charge is 0.337 e. The molecule has 1 amide bonds. The number of hydrogen-bond acceptors (Lipinski definition) is 2. The summed E-state index contributed by atoms with van der Waals surface area (Å²) in [5.41, 5.74) is 2.40. The van der Waals surface area contributed by atoms with E-state index in [9.17, 15) is 4.79 Å². The summed E-state index contributed by atoms with van der Waals surface area (Å²) in [6.45, 7) is 6.13. The topological polar surface area (TPSA) is 32.3 Å². The van der Waals surface area contributed by atoms with Crippen LogP contribution in [0, 0.1) is 12.3 Å². The number of carbonyl (C=O) groups is 1. The van der Waals surface area contributed by atoms with Gasteiger partial charge in [0.15, 0.2) is 0 Å². The van der Waals surface area contributed by atoms with Crippen LogP contribution < -0.4 is 5.32 Å². The lowest BCUT2D eigenvalue weighted by molar-refractivity contribution is -0.0113. The Hall–Kier alpha value is -1.35. The summed E-state index contributed by atoms with van der Waals surface area (Å²) < 4.78 is 0. The Morgan fingerprint density at radius 2 is 2.00 bits per heavy atom. The van der Waals surface area contributed by atoms with Crippen LogP contribution in [0.3, 0.4) is 0 Å². The van der Waals surface area contributed by atoms with Gasteiger partial charge in [0.05, 0.1) is 0 Å². The van der Waals surface area contributed by atoms with E-state index in [0.29, 0.717) is 5.41 Å². The van der Waals surface area contributed by atoms with Crippen LogP contribution in [0.4, 0.5) is 0 Å². The number of amides is 1. The minimum atomic E-state index is 0.197. The number of likely N-dealkylation sites (tertiary alicyclic amines) is 1. The maximum Gasteiger partial charge on any atom is 0.253 e. The lowest BCUT2D eigenvalue weighted by atomic mass is 9.72. The Morgan fingerprint density at radius 1 is 1.28 bits per heavy atom. The van der Waals surface area contributed by atoms with Crippen molar-refractivity contribution in [2.24, 2.45) is 5.41 Å². The number of aryl methyl sites for hydroxylation is 1. The zero-order valence-corrected chi connectivity index (χ0v) is 10.9. The molecule has 3 heteroatoms. The normalized spacial score (nSPS) is 21.7. The van der Waals surface area contributed by atoms with E-state index < -0.39 is 0 Å². The fourth-order valence-corrected chi connectivity index (χ4v) is 3.14. The van der Waals surface area contributed by atoms with Gasteiger partial charge < -0.3 is 10.2 Å². The van der Waals surface area contributed by atoms with Crippen LogP contribution in [0.5, 0.6) is 0 Å². The standard InChI is InChI=1S/C15H20N2O/c1-12-3-2-4-13(9-12)14(18)17-10-15(11-17)5-7-16-8-6-15/h2-4,9,16H,5-8,10-11H2,1H3. The Bertz CT molecular complexity index is 455. The van der Waals surface area contributed by atoms with Gasteiger partial charge in [-0.3, -0.25) is 4.79 Å². The van der Waals surface area contributed by atoms with Crippen LogP contribution >= 0.6 is 0 Å². The average molecular weight is 244 g/mol. The summed E-state index contributed by atoms with van der Waals surface area (Å²) >= 11 is 0. The van der Waals surface area contributed by atoms with Gasteiger partial charge in [0.2, 0.25) is 0 Å². The van der Waals surface area contributed by atoms with Crippen molar-refractivity contribution < 1.29 is 4.79 Å². The van der Waals surface area contributed by atoms with Crippen molar-refractivity contribution in [1.29, 1.82) is 0 Å². The van der Waals surface area contributed by atoms with Gasteiger partial charge in [-0.15, -0.1) is 0 Å². The highest BCUT2D eigenvalue weighted by Crippen LogP contribution is 2.39. The van der Waals surface area contributed by atoms with Gasteiger partial charge in [-0.1, -0.05) is 17.7 Å². The third kappa shape index (κ3) is 2.03. The summed E-state index contributed by atoms with van der Waals surface area (Å²) in [5.74, 6) is 0.197. The summed E-state index contributed by atoms with van der Waals surface area (Å²) in [6, 6.07) is 7.89. The fourth-order valence-electron chi connectivity index (χ4n) is 3.14. The number of nitrogens with zero attached hydrogens (tertiary/aromatic N) is 1. The zero-order valence-electron chi connectivity index (χ0n) is 10.9. The minimum absolute atomic E-state index is 0.197. The molecule has 1 spiro atoms. The molecule has 1 aromatic carbocycles. The maximum atomic E-state index is 12.3. The molecule has 3 rings (SSSR count). The van der Waals surface area contributed by atoms with Crippen LogP contribution in [0.25, 0.3) is 0 Å². The van der Waals surface area contributed by atoms with Gasteiger partial charge in [0.25, 0.3) is 5.91 Å². The van der Waals surface area contributed by atoms with Gasteiger partial charge in [-0.2, -0.15) is 0 Å². The van der Waals surface area contributed by atoms with Gasteiger partial charge in [0.1, 0.15) is 0 Å². The molecule has 2 fully saturated rings. The number of benzene rings is 1. The average Bonchev–Trinajstić information content (AvgIpc) is 2.36. The first kappa shape index (κ1) is 11.7. The molecule has 2 aliphatic heterocycles. The molecule has 0 aromatic heterocycles. The molecule has 1 aromatic rings. The highest BCUT2D eigenvalue weighted by molar-refractivity contribution is 5.95. The first-order chi connectivity index (χ1) is 8.69. The van der Waals surface area contributed by atoms with Gasteiger partial charge in [-0.05, 0) is 45.0 Å². The molecule has 0 bridgehead atoms. The molecule has 3 nitrogen and oxygen atoms in total. The van der Waals surface area contributed by atoms with Crippen molar-refractivity contribution in [3.8, 4) is 0 Å². The Kier molecular flexibility index (Phi) is 2.86. The molecule has 0 aliphatic carbocycles. The van der Waals surface area contributed by atoms with Crippen molar-refractivity contribution in [2.75, 3.05) is 26.2 Å². The molecule has 2 saturated heterocycles. The number of carbonyl (C=O) groups excluding carboxylic acids is 1. The van der Waals surface area contributed by atoms with E-state index >= 15 is 0 Å². The summed E-state index contributed by atoms with van der Waals surface area (Å²) in [5, 5.41) is 3.39. The predicted octanol–water partition coefficient (Wildman–Crippen LogP) is 1.82. The van der Waals surface area contributed by atoms with E-state index in [2.05, 4.69) is 5.32 Å². The van der Waals surface area contributed by atoms with Crippen LogP contribution in [-0.2, 0) is 0 Å². The Morgan fingerprint density at radius 3 is 2.67 bits per heavy atom. The van der Waals surface area contributed by atoms with Gasteiger partial charge >= 0.3 is 0 Å². The van der Waals surface area contributed by atoms with E-state index in [-0.39, 0.29) is 5.91 Å². The Labute approximate surface area is 108 Å². The quantitative estimate of drug-likeness (QED) is 0.817. The second-order valence-electron chi connectivity index (χ2n) is 5.78. The SMILES string of the molecule is Cc1cccc(C(=O)N2CC3(CCNCC3)C2)c1. The monoisotopic (exact) mass is 244 g/mol. The third-order valence-corrected chi connectivity index (χ3v) is 4.27. The van der Waals surface area contributed by atoms with Gasteiger partial charge in [0, 0.05) is 24.1 Å². The first-order valence-corrected chi connectivity index (χ1v) is 6.75. The zero-order chi connectivity index (χ0) is 12.6. The number of rotatable bonds is 1. The van der Waals surface area contributed by atoms with E-state index in [1.807, 2.05) is 36.1 Å². The number of hydrogen-bond donors (Lipinski definition) is 1. The molecular formula is C15H20N2O. The fraction of sp³-hybridized carbons (Fsp3) is 0.533. The summed E-state index contributed by atoms with van der Waals surface area (Å²) in [7, 11) is 0. The van der Waals surface area contributed by atoms with E-state index in [1.54, 1.807) is 0 Å². The van der Waals surface area contributed by atoms with Crippen molar-refractivity contribution in [1.82, 2.24) is 10.2 Å². The number of piperidine rings is 1. The highest BCUT2D eigenvalue weighted by Gasteiger charge is 2.45. The number of nitrogens with one attached hydrogen (secondary N) is 1. The molecule has 0 atom stereocenters. The molecule has 2 aliphatic rings. The lowest BCUT2D eigenvalue weighted by Gasteiger charge is -2.52. The minimum Gasteiger partial charge on any atom is -0.337 e. The van der Waals surface area contributed by atoms with E-state index in [0.717, 1.165) is 37.3 Å². The van der Waals surface area contributed by atoms with Crippen molar-refractivity contribution in [3.63, 3.8) is 0 Å². The summed E-state index contributed by atoms with van der Waals surface area (Å²) in [6.07, 6.45) is 2.43. The van der Waals surface area contributed by atoms with Gasteiger partial charge in [-0.25, -0.2) is 0 Å². The first-order valence-electron chi connectivity index (χ1n) is 6.75. The van der Waals surface area contributed by atoms with Crippen molar-refractivity contribution in [3.05, 3.63) is 35.4 Å². The van der Waals surface area contributed by atoms with Crippen LogP contribution in [-0.4, -0.2) is 37.0 Å². The smallest absolute Gasteiger partial charge is 0.253 e. The lowest BCUT2D eigenvalue weighted by Crippen LogP contribution is -2.61. The predicted molar refractivity (Wildman–Crippen MR) is 71.6 cm³/mol.